The normalized spacial score (nSPS) is 25.2. The van der Waals surface area contributed by atoms with E-state index in [4.69, 9.17) is 0 Å². The summed E-state index contributed by atoms with van der Waals surface area (Å²) in [7, 11) is 0. The van der Waals surface area contributed by atoms with Gasteiger partial charge in [-0.2, -0.15) is 0 Å². The van der Waals surface area contributed by atoms with Crippen LogP contribution < -0.4 is 0 Å². The van der Waals surface area contributed by atoms with Gasteiger partial charge in [0.1, 0.15) is 0 Å². The lowest BCUT2D eigenvalue weighted by Crippen LogP contribution is -2.55. The predicted octanol–water partition coefficient (Wildman–Crippen LogP) is 37.6. The number of hydrogen-bond donors (Lipinski definition) is 0. The smallest absolute Gasteiger partial charge is 0.0619 e. The number of nitrogens with zero attached hydrogens (tertiary/aromatic N) is 3. The van der Waals surface area contributed by atoms with Gasteiger partial charge in [0, 0.05) is 137 Å². The van der Waals surface area contributed by atoms with Crippen molar-refractivity contribution in [3.05, 3.63) is 416 Å². The minimum absolute atomic E-state index is 0.155. The Kier molecular flexibility index (Phi) is 17.0. The Morgan fingerprint density at radius 1 is 0.174 bits per heavy atom. The van der Waals surface area contributed by atoms with Gasteiger partial charge in [-0.15, -0.1) is 34.0 Å². The molecule has 0 unspecified atom stereocenters. The van der Waals surface area contributed by atoms with Crippen LogP contribution in [0.2, 0.25) is 0 Å². The van der Waals surface area contributed by atoms with Crippen LogP contribution >= 0.6 is 34.0 Å². The van der Waals surface area contributed by atoms with Crippen LogP contribution in [0.5, 0.6) is 0 Å². The van der Waals surface area contributed by atoms with E-state index in [1.165, 1.54) is 306 Å². The minimum atomic E-state index is 0.155. The molecule has 39 rings (SSSR count). The van der Waals surface area contributed by atoms with Crippen molar-refractivity contribution in [2.24, 2.45) is 71.0 Å². The van der Waals surface area contributed by atoms with Crippen molar-refractivity contribution in [3.8, 4) is 83.8 Å². The Labute approximate surface area is 849 Å². The van der Waals surface area contributed by atoms with Crippen molar-refractivity contribution in [1.82, 2.24) is 13.7 Å². The molecule has 15 aliphatic carbocycles. The Hall–Kier alpha value is -14.0. The van der Waals surface area contributed by atoms with Crippen LogP contribution in [0.25, 0.3) is 210 Å². The summed E-state index contributed by atoms with van der Waals surface area (Å²) >= 11 is 5.70. The lowest BCUT2D eigenvalue weighted by atomic mass is 9.43. The van der Waals surface area contributed by atoms with Crippen molar-refractivity contribution in [2.75, 3.05) is 0 Å². The molecule has 0 saturated heterocycles. The summed E-state index contributed by atoms with van der Waals surface area (Å²) in [5.74, 6) is 10.3. The van der Waals surface area contributed by atoms with E-state index in [1.54, 1.807) is 33.4 Å². The molecule has 0 radical (unpaired) electrons. The fourth-order valence-corrected chi connectivity index (χ4v) is 38.6. The maximum atomic E-state index is 2.65. The molecule has 0 amide bonds. The summed E-state index contributed by atoms with van der Waals surface area (Å²) in [5, 5.41) is 16.1. The van der Waals surface area contributed by atoms with Gasteiger partial charge in [-0.25, -0.2) is 0 Å². The number of aromatic nitrogens is 3. The van der Waals surface area contributed by atoms with Crippen LogP contribution in [-0.2, 0) is 16.2 Å². The highest BCUT2D eigenvalue weighted by Gasteiger charge is 2.65. The second-order valence-electron chi connectivity index (χ2n) is 45.9. The fourth-order valence-electron chi connectivity index (χ4n) is 35.2. The van der Waals surface area contributed by atoms with Gasteiger partial charge in [0.25, 0.3) is 0 Å². The van der Waals surface area contributed by atoms with Crippen LogP contribution in [-0.4, -0.2) is 13.7 Å². The van der Waals surface area contributed by atoms with Gasteiger partial charge in [-0.3, -0.25) is 0 Å². The van der Waals surface area contributed by atoms with Gasteiger partial charge < -0.3 is 13.7 Å². The maximum absolute atomic E-state index is 2.65. The third-order valence-electron chi connectivity index (χ3n) is 39.5. The quantitative estimate of drug-likeness (QED) is 0.158. The summed E-state index contributed by atoms with van der Waals surface area (Å²) in [6, 6.07) is 147. The van der Waals surface area contributed by atoms with Crippen LogP contribution in [0.4, 0.5) is 0 Å². The summed E-state index contributed by atoms with van der Waals surface area (Å²) in [4.78, 5) is 0. The van der Waals surface area contributed by atoms with E-state index in [2.05, 4.69) is 396 Å². The molecule has 6 aromatic heterocycles. The highest BCUT2D eigenvalue weighted by molar-refractivity contribution is 7.26. The zero-order chi connectivity index (χ0) is 93.4. The van der Waals surface area contributed by atoms with Gasteiger partial charge in [-0.05, 0) is 359 Å². The van der Waals surface area contributed by atoms with Crippen molar-refractivity contribution in [3.63, 3.8) is 0 Å². The Morgan fingerprint density at radius 2 is 0.500 bits per heavy atom. The SMILES string of the molecule is c1ccc2c(c1)-c1cc(-n3c4ccccc4c4c(-c5cccc6sc7ccccc7c56)cccc43)ccc1C21C2CC3CC(C2)CC1C3.c1ccc2c(c1)-c1ccc(-n3c4ccccc4c4cccc(-c5ccc6c(c5)sc5ccccc56)c43)cc1C21C2CC3CC(C2)CC1C3.c1ccc2c(c1)-c1ccc(-n3c4ccccc4c4cccc(-c5ccc6sc7ccccc7c6c5)c43)cc1C21C2CC3CC(C2)CC1C3. The molecule has 3 spiro atoms. The van der Waals surface area contributed by atoms with E-state index < -0.39 is 0 Å². The van der Waals surface area contributed by atoms with Crippen LogP contribution in [0.15, 0.2) is 382 Å². The molecule has 6 heterocycles. The van der Waals surface area contributed by atoms with Gasteiger partial charge in [0.2, 0.25) is 0 Å². The highest BCUT2D eigenvalue weighted by atomic mass is 32.1. The zero-order valence-corrected chi connectivity index (χ0v) is 82.9. The number of benzene rings is 18. The van der Waals surface area contributed by atoms with Gasteiger partial charge >= 0.3 is 0 Å². The van der Waals surface area contributed by atoms with Crippen molar-refractivity contribution < 1.29 is 0 Å². The second-order valence-corrected chi connectivity index (χ2v) is 49.2. The van der Waals surface area contributed by atoms with E-state index in [0.29, 0.717) is 0 Å². The first-order valence-corrected chi connectivity index (χ1v) is 56.3. The number of thiophene rings is 3. The predicted molar refractivity (Wildman–Crippen MR) is 607 cm³/mol. The monoisotopic (exact) mass is 1900 g/mol. The van der Waals surface area contributed by atoms with E-state index in [0.717, 1.165) is 71.0 Å². The Bertz CT molecular complexity index is 9610. The number of fused-ring (bicyclic) bond motifs is 27. The third kappa shape index (κ3) is 11.0. The van der Waals surface area contributed by atoms with Crippen molar-refractivity contribution in [1.29, 1.82) is 0 Å². The second kappa shape index (κ2) is 30.1. The van der Waals surface area contributed by atoms with E-state index in [9.17, 15) is 0 Å². The minimum Gasteiger partial charge on any atom is -0.309 e. The largest absolute Gasteiger partial charge is 0.309 e. The summed E-state index contributed by atoms with van der Waals surface area (Å²) in [5.41, 5.74) is 38.6. The standard InChI is InChI=1S/3C46H35NS/c1-4-14-38-32(9-1)37-26-31(19-20-39(37)46(38)29-22-27-21-28(24-29)25-30(46)23-27)47-40-15-5-2-10-35(40)44-33(12-7-16-41(44)47)34-13-8-18-43-45(34)36-11-3-6-17-42(36)48-43;1-4-13-40-34(8-1)35-18-17-32(26-41(35)46(40)30-21-27-20-28(23-30)24-31(46)22-27)47-42-14-5-2-9-36(42)38-12-7-11-33(45(38)47)29-16-19-44-39(25-29)37-10-3-6-15-43(37)48-44;1-4-13-40-34(8-1)35-19-17-32(26-41(35)46(40)30-21-27-20-28(23-30)24-31(46)22-27)47-42-14-5-2-9-36(42)39-12-7-11-33(45(39)47)29-16-18-38-37-10-3-6-15-43(37)48-44(38)25-29/h1-20,26-30H,21-25H2;2*1-19,25-28,30-31H,20-24H2. The third-order valence-corrected chi connectivity index (χ3v) is 43.0. The summed E-state index contributed by atoms with van der Waals surface area (Å²) in [6.07, 6.45) is 21.4. The van der Waals surface area contributed by atoms with Gasteiger partial charge in [-0.1, -0.05) is 279 Å². The molecule has 24 aromatic rings. The molecule has 6 heteroatoms. The molecule has 0 aliphatic heterocycles. The molecule has 0 atom stereocenters. The molecule has 144 heavy (non-hydrogen) atoms. The Morgan fingerprint density at radius 3 is 1.03 bits per heavy atom. The summed E-state index contributed by atoms with van der Waals surface area (Å²) < 4.78 is 15.9. The molecule has 690 valence electrons. The van der Waals surface area contributed by atoms with E-state index in [-0.39, 0.29) is 16.2 Å². The first-order valence-electron chi connectivity index (χ1n) is 53.8. The highest BCUT2D eigenvalue weighted by Crippen LogP contribution is 2.74. The average molecular weight is 1900 g/mol. The fraction of sp³-hybridized carbons (Fsp3) is 0.217. The van der Waals surface area contributed by atoms with Gasteiger partial charge in [0.15, 0.2) is 0 Å². The molecule has 12 saturated carbocycles. The lowest BCUT2D eigenvalue weighted by molar-refractivity contribution is -0.0399. The maximum Gasteiger partial charge on any atom is 0.0619 e. The molecule has 3 nitrogen and oxygen atoms in total. The van der Waals surface area contributed by atoms with Crippen LogP contribution in [0.3, 0.4) is 0 Å². The number of rotatable bonds is 6. The van der Waals surface area contributed by atoms with Crippen molar-refractivity contribution in [2.45, 2.75) is 113 Å². The first kappa shape index (κ1) is 81.4. The molecule has 15 aliphatic rings. The number of hydrogen-bond acceptors (Lipinski definition) is 3. The number of para-hydroxylation sites is 5. The van der Waals surface area contributed by atoms with Gasteiger partial charge in [0.05, 0.1) is 33.1 Å². The summed E-state index contributed by atoms with van der Waals surface area (Å²) in [6.45, 7) is 0. The zero-order valence-electron chi connectivity index (χ0n) is 80.5. The molecule has 12 bridgehead atoms. The molecule has 0 N–H and O–H groups in total. The van der Waals surface area contributed by atoms with E-state index >= 15 is 0 Å². The van der Waals surface area contributed by atoms with E-state index in [1.807, 2.05) is 34.0 Å². The topological polar surface area (TPSA) is 14.8 Å². The average Bonchev–Trinajstić information content (AvgIpc) is 1.51. The first-order chi connectivity index (χ1) is 71.3. The Balaban J connectivity index is 0.0000000932. The van der Waals surface area contributed by atoms with Crippen LogP contribution in [0.1, 0.15) is 130 Å². The lowest BCUT2D eigenvalue weighted by Gasteiger charge is -2.61. The molecular formula is C138H105N3S3. The molecular weight excluding hydrogens is 1800 g/mol. The van der Waals surface area contributed by atoms with Crippen LogP contribution in [0, 0.1) is 71.0 Å². The van der Waals surface area contributed by atoms with Crippen molar-refractivity contribution >= 4 is 160 Å². The molecule has 12 fully saturated rings. The molecule has 18 aromatic carbocycles.